The highest BCUT2D eigenvalue weighted by atomic mass is 16.5. The average Bonchev–Trinajstić information content (AvgIpc) is 3.48. The second kappa shape index (κ2) is 8.42. The van der Waals surface area contributed by atoms with Crippen LogP contribution in [0, 0.1) is 0 Å². The van der Waals surface area contributed by atoms with Gasteiger partial charge in [0.15, 0.2) is 0 Å². The third kappa shape index (κ3) is 3.89. The molecule has 11 nitrogen and oxygen atoms in total. The summed E-state index contributed by atoms with van der Waals surface area (Å²) in [7, 11) is 0. The average molecular weight is 416 g/mol. The van der Waals surface area contributed by atoms with Crippen LogP contribution in [0.25, 0.3) is 0 Å². The number of amides is 3. The second-order valence-corrected chi connectivity index (χ2v) is 7.73. The van der Waals surface area contributed by atoms with Crippen molar-refractivity contribution in [2.75, 3.05) is 19.6 Å². The van der Waals surface area contributed by atoms with Crippen molar-refractivity contribution in [1.29, 1.82) is 0 Å². The molecular formula is C19H28N8O3. The number of nitrogens with zero attached hydrogens (tertiary/aromatic N) is 6. The molecule has 2 N–H and O–H groups in total. The van der Waals surface area contributed by atoms with Crippen LogP contribution < -0.4 is 10.6 Å². The number of urea groups is 1. The number of hydrogen-bond donors (Lipinski definition) is 2. The molecule has 2 aliphatic rings. The van der Waals surface area contributed by atoms with E-state index in [2.05, 4.69) is 26.0 Å². The molecule has 4 heterocycles. The highest BCUT2D eigenvalue weighted by Gasteiger charge is 2.44. The van der Waals surface area contributed by atoms with Crippen LogP contribution in [-0.2, 0) is 31.0 Å². The van der Waals surface area contributed by atoms with Crippen molar-refractivity contribution < 1.29 is 14.3 Å². The van der Waals surface area contributed by atoms with Gasteiger partial charge in [-0.3, -0.25) is 9.48 Å². The number of hydrogen-bond acceptors (Lipinski definition) is 6. The van der Waals surface area contributed by atoms with E-state index in [-0.39, 0.29) is 18.5 Å². The number of fused-ring (bicyclic) bond motifs is 1. The Labute approximate surface area is 174 Å². The fraction of sp³-hybridized carbons (Fsp3) is 0.632. The number of carbonyl (C=O) groups is 2. The molecule has 0 aromatic carbocycles. The Balaban J connectivity index is 1.37. The summed E-state index contributed by atoms with van der Waals surface area (Å²) in [5.74, 6) is -0.200. The van der Waals surface area contributed by atoms with E-state index >= 15 is 0 Å². The van der Waals surface area contributed by atoms with Crippen LogP contribution in [0.4, 0.5) is 4.79 Å². The molecule has 1 unspecified atom stereocenters. The molecule has 0 saturated carbocycles. The van der Waals surface area contributed by atoms with E-state index < -0.39 is 5.60 Å². The zero-order valence-corrected chi connectivity index (χ0v) is 17.4. The molecule has 11 heteroatoms. The van der Waals surface area contributed by atoms with Gasteiger partial charge in [-0.2, -0.15) is 5.10 Å². The molecule has 0 aliphatic carbocycles. The summed E-state index contributed by atoms with van der Waals surface area (Å²) in [6, 6.07) is 1.64. The van der Waals surface area contributed by atoms with Crippen LogP contribution in [0.1, 0.15) is 48.6 Å². The Hall–Kier alpha value is -2.95. The van der Waals surface area contributed by atoms with Gasteiger partial charge >= 0.3 is 6.03 Å². The van der Waals surface area contributed by atoms with Gasteiger partial charge in [0.05, 0.1) is 31.9 Å². The summed E-state index contributed by atoms with van der Waals surface area (Å²) in [6.45, 7) is 7.63. The van der Waals surface area contributed by atoms with Gasteiger partial charge in [-0.15, -0.1) is 5.10 Å². The highest BCUT2D eigenvalue weighted by Crippen LogP contribution is 2.32. The number of rotatable bonds is 6. The topological polar surface area (TPSA) is 119 Å². The molecule has 1 fully saturated rings. The summed E-state index contributed by atoms with van der Waals surface area (Å²) >= 11 is 0. The van der Waals surface area contributed by atoms with Crippen molar-refractivity contribution in [3.63, 3.8) is 0 Å². The lowest BCUT2D eigenvalue weighted by atomic mass is 10.0. The van der Waals surface area contributed by atoms with Gasteiger partial charge in [0, 0.05) is 25.8 Å². The molecule has 2 aromatic rings. The van der Waals surface area contributed by atoms with Crippen LogP contribution in [0.5, 0.6) is 0 Å². The van der Waals surface area contributed by atoms with Gasteiger partial charge in [-0.25, -0.2) is 9.48 Å². The molecule has 3 amide bonds. The summed E-state index contributed by atoms with van der Waals surface area (Å²) in [6.07, 6.45) is 3.28. The molecule has 30 heavy (non-hydrogen) atoms. The number of nitrogens with one attached hydrogen (secondary N) is 2. The van der Waals surface area contributed by atoms with E-state index in [9.17, 15) is 9.59 Å². The summed E-state index contributed by atoms with van der Waals surface area (Å²) in [5.41, 5.74) is 1.63. The first-order valence-electron chi connectivity index (χ1n) is 10.4. The summed E-state index contributed by atoms with van der Waals surface area (Å²) < 4.78 is 9.69. The zero-order valence-electron chi connectivity index (χ0n) is 17.4. The van der Waals surface area contributed by atoms with Crippen molar-refractivity contribution in [3.8, 4) is 0 Å². The fourth-order valence-electron chi connectivity index (χ4n) is 3.97. The Morgan fingerprint density at radius 1 is 1.27 bits per heavy atom. The first-order valence-corrected chi connectivity index (χ1v) is 10.4. The van der Waals surface area contributed by atoms with E-state index in [0.717, 1.165) is 18.5 Å². The number of carbonyl (C=O) groups excluding carboxylic acids is 2. The number of ether oxygens (including phenoxy) is 1. The van der Waals surface area contributed by atoms with E-state index in [4.69, 9.17) is 4.74 Å². The number of aromatic nitrogens is 5. The molecule has 2 aromatic heterocycles. The normalized spacial score (nSPS) is 20.4. The van der Waals surface area contributed by atoms with Crippen molar-refractivity contribution in [2.45, 2.75) is 58.5 Å². The SMILES string of the molecule is CCCNC(=O)N1CCC2(C1)Cn1nnc(CNC(=O)c3ccnn3CC)c1CO2. The Morgan fingerprint density at radius 3 is 2.93 bits per heavy atom. The van der Waals surface area contributed by atoms with Crippen molar-refractivity contribution in [1.82, 2.24) is 40.3 Å². The largest absolute Gasteiger partial charge is 0.365 e. The van der Waals surface area contributed by atoms with Gasteiger partial charge in [0.25, 0.3) is 5.91 Å². The van der Waals surface area contributed by atoms with Crippen LogP contribution >= 0.6 is 0 Å². The van der Waals surface area contributed by atoms with E-state index in [0.29, 0.717) is 50.7 Å². The van der Waals surface area contributed by atoms with Crippen LogP contribution in [0.2, 0.25) is 0 Å². The van der Waals surface area contributed by atoms with Crippen LogP contribution in [0.15, 0.2) is 12.3 Å². The van der Waals surface area contributed by atoms with Crippen LogP contribution in [0.3, 0.4) is 0 Å². The minimum atomic E-state index is -0.432. The smallest absolute Gasteiger partial charge is 0.317 e. The first kappa shape index (κ1) is 20.3. The Morgan fingerprint density at radius 2 is 2.13 bits per heavy atom. The maximum absolute atomic E-state index is 12.4. The lowest BCUT2D eigenvalue weighted by Gasteiger charge is -2.33. The predicted octanol–water partition coefficient (Wildman–Crippen LogP) is 0.519. The second-order valence-electron chi connectivity index (χ2n) is 7.73. The molecule has 4 rings (SSSR count). The van der Waals surface area contributed by atoms with E-state index in [1.165, 1.54) is 0 Å². The molecule has 2 aliphatic heterocycles. The molecule has 1 spiro atoms. The quantitative estimate of drug-likeness (QED) is 0.709. The number of aryl methyl sites for hydroxylation is 1. The Kier molecular flexibility index (Phi) is 5.71. The highest BCUT2D eigenvalue weighted by molar-refractivity contribution is 5.92. The molecular weight excluding hydrogens is 388 g/mol. The van der Waals surface area contributed by atoms with Crippen molar-refractivity contribution >= 4 is 11.9 Å². The van der Waals surface area contributed by atoms with Gasteiger partial charge in [0.1, 0.15) is 17.0 Å². The number of likely N-dealkylation sites (tertiary alicyclic amines) is 1. The van der Waals surface area contributed by atoms with E-state index in [1.54, 1.807) is 21.8 Å². The summed E-state index contributed by atoms with van der Waals surface area (Å²) in [4.78, 5) is 26.5. The predicted molar refractivity (Wildman–Crippen MR) is 106 cm³/mol. The van der Waals surface area contributed by atoms with E-state index in [1.807, 2.05) is 18.5 Å². The summed E-state index contributed by atoms with van der Waals surface area (Å²) in [5, 5.41) is 18.4. The maximum Gasteiger partial charge on any atom is 0.317 e. The molecule has 162 valence electrons. The van der Waals surface area contributed by atoms with Crippen LogP contribution in [-0.4, -0.2) is 66.8 Å². The lowest BCUT2D eigenvalue weighted by Crippen LogP contribution is -2.47. The van der Waals surface area contributed by atoms with Crippen molar-refractivity contribution in [3.05, 3.63) is 29.3 Å². The van der Waals surface area contributed by atoms with Crippen molar-refractivity contribution in [2.24, 2.45) is 0 Å². The molecule has 1 saturated heterocycles. The minimum absolute atomic E-state index is 0.0450. The Bertz CT molecular complexity index is 923. The van der Waals surface area contributed by atoms with Gasteiger partial charge in [-0.05, 0) is 25.8 Å². The van der Waals surface area contributed by atoms with Gasteiger partial charge in [-0.1, -0.05) is 12.1 Å². The third-order valence-electron chi connectivity index (χ3n) is 5.67. The minimum Gasteiger partial charge on any atom is -0.365 e. The standard InChI is InChI=1S/C19H28N8O3/c1-3-7-20-18(29)25-9-6-19(12-25)13-27-16(11-30-19)14(23-24-27)10-21-17(28)15-5-8-22-26(15)4-2/h5,8H,3-4,6-7,9-13H2,1-2H3,(H,20,29)(H,21,28). The monoisotopic (exact) mass is 416 g/mol. The third-order valence-corrected chi connectivity index (χ3v) is 5.67. The zero-order chi connectivity index (χ0) is 21.1. The van der Waals surface area contributed by atoms with Gasteiger partial charge in [0.2, 0.25) is 0 Å². The van der Waals surface area contributed by atoms with Gasteiger partial charge < -0.3 is 20.3 Å². The lowest BCUT2D eigenvalue weighted by molar-refractivity contribution is -0.0824. The first-order chi connectivity index (χ1) is 14.5. The maximum atomic E-state index is 12.4. The fourth-order valence-corrected chi connectivity index (χ4v) is 3.97. The molecule has 0 radical (unpaired) electrons. The molecule has 1 atom stereocenters. The molecule has 0 bridgehead atoms.